The number of nitrogens with zero attached hydrogens (tertiary/aromatic N) is 1. The highest BCUT2D eigenvalue weighted by molar-refractivity contribution is 6.35. The van der Waals surface area contributed by atoms with Crippen molar-refractivity contribution in [3.8, 4) is 0 Å². The molecular weight excluding hydrogens is 358 g/mol. The number of hydrogen-bond acceptors (Lipinski definition) is 4. The molecule has 1 atom stereocenters. The van der Waals surface area contributed by atoms with E-state index >= 15 is 0 Å². The number of carbonyl (C=O) groups excluding carboxylic acids is 2. The smallest absolute Gasteiger partial charge is 0.322 e. The maximum atomic E-state index is 12.7. The predicted molar refractivity (Wildman–Crippen MR) is 99.6 cm³/mol. The van der Waals surface area contributed by atoms with E-state index in [1.807, 2.05) is 19.9 Å². The fourth-order valence-electron chi connectivity index (χ4n) is 3.30. The Balaban J connectivity index is 1.86. The standard InChI is InChI=1S/C18H22ClN3O4/c1-3-15-10(2)12-8-11(9-13(19)16(12)26-15)21-18(25)22-6-5-20-17(24)14(22)4-7-23/h8-9,14,23H,3-7H2,1-2H3,(H,20,24)(H,21,25)/t14-/m0/s1. The van der Waals surface area contributed by atoms with Crippen LogP contribution in [0.3, 0.4) is 0 Å². The number of hydrogen-bond donors (Lipinski definition) is 3. The van der Waals surface area contributed by atoms with Crippen molar-refractivity contribution < 1.29 is 19.1 Å². The number of piperazine rings is 1. The summed E-state index contributed by atoms with van der Waals surface area (Å²) in [5.74, 6) is 0.605. The third-order valence-corrected chi connectivity index (χ3v) is 4.94. The number of rotatable bonds is 4. The number of aliphatic hydroxyl groups is 1. The highest BCUT2D eigenvalue weighted by Crippen LogP contribution is 2.34. The van der Waals surface area contributed by atoms with E-state index in [0.717, 1.165) is 23.1 Å². The number of furan rings is 1. The largest absolute Gasteiger partial charge is 0.459 e. The van der Waals surface area contributed by atoms with Crippen molar-refractivity contribution >= 4 is 40.2 Å². The van der Waals surface area contributed by atoms with Gasteiger partial charge in [-0.15, -0.1) is 0 Å². The number of aliphatic hydroxyl groups excluding tert-OH is 1. The van der Waals surface area contributed by atoms with E-state index < -0.39 is 12.1 Å². The highest BCUT2D eigenvalue weighted by atomic mass is 35.5. The minimum Gasteiger partial charge on any atom is -0.459 e. The van der Waals surface area contributed by atoms with E-state index in [9.17, 15) is 14.7 Å². The van der Waals surface area contributed by atoms with Gasteiger partial charge in [0.25, 0.3) is 0 Å². The second-order valence-corrected chi connectivity index (χ2v) is 6.69. The summed E-state index contributed by atoms with van der Waals surface area (Å²) in [7, 11) is 0. The maximum absolute atomic E-state index is 12.7. The minimum atomic E-state index is -0.685. The van der Waals surface area contributed by atoms with Crippen LogP contribution in [0, 0.1) is 6.92 Å². The molecule has 1 aliphatic rings. The predicted octanol–water partition coefficient (Wildman–Crippen LogP) is 2.67. The van der Waals surface area contributed by atoms with Crippen LogP contribution in [-0.2, 0) is 11.2 Å². The van der Waals surface area contributed by atoms with Crippen LogP contribution in [0.2, 0.25) is 5.02 Å². The Hall–Kier alpha value is -2.25. The quantitative estimate of drug-likeness (QED) is 0.761. The molecule has 1 aliphatic heterocycles. The Morgan fingerprint density at radius 2 is 2.27 bits per heavy atom. The Kier molecular flexibility index (Phi) is 5.38. The second-order valence-electron chi connectivity index (χ2n) is 6.28. The average molecular weight is 380 g/mol. The lowest BCUT2D eigenvalue weighted by Crippen LogP contribution is -2.58. The number of urea groups is 1. The summed E-state index contributed by atoms with van der Waals surface area (Å²) >= 11 is 6.32. The van der Waals surface area contributed by atoms with E-state index in [1.54, 1.807) is 6.07 Å². The molecule has 0 aliphatic carbocycles. The number of nitrogens with one attached hydrogen (secondary N) is 2. The molecule has 0 unspecified atom stereocenters. The lowest BCUT2D eigenvalue weighted by molar-refractivity contribution is -0.128. The van der Waals surface area contributed by atoms with Gasteiger partial charge in [-0.3, -0.25) is 4.79 Å². The van der Waals surface area contributed by atoms with Crippen molar-refractivity contribution in [3.05, 3.63) is 28.5 Å². The lowest BCUT2D eigenvalue weighted by atomic mass is 10.1. The molecule has 3 N–H and O–H groups in total. The SMILES string of the molecule is CCc1oc2c(Cl)cc(NC(=O)N3CCNC(=O)[C@@H]3CCO)cc2c1C. The zero-order valence-electron chi connectivity index (χ0n) is 14.8. The molecule has 2 heterocycles. The van der Waals surface area contributed by atoms with E-state index in [-0.39, 0.29) is 18.9 Å². The molecule has 1 fully saturated rings. The van der Waals surface area contributed by atoms with Gasteiger partial charge in [0.1, 0.15) is 11.8 Å². The number of carbonyl (C=O) groups is 2. The van der Waals surface area contributed by atoms with Crippen LogP contribution >= 0.6 is 11.6 Å². The molecule has 0 bridgehead atoms. The number of aryl methyl sites for hydroxylation is 2. The van der Waals surface area contributed by atoms with Crippen LogP contribution in [0.15, 0.2) is 16.5 Å². The van der Waals surface area contributed by atoms with Gasteiger partial charge in [0.05, 0.1) is 5.02 Å². The van der Waals surface area contributed by atoms with Crippen LogP contribution in [0.5, 0.6) is 0 Å². The fourth-order valence-corrected chi connectivity index (χ4v) is 3.56. The Bertz CT molecular complexity index is 849. The molecule has 8 heteroatoms. The molecule has 0 radical (unpaired) electrons. The van der Waals surface area contributed by atoms with Gasteiger partial charge in [-0.1, -0.05) is 18.5 Å². The molecule has 3 rings (SSSR count). The third kappa shape index (κ3) is 3.37. The van der Waals surface area contributed by atoms with Crippen LogP contribution in [0.4, 0.5) is 10.5 Å². The average Bonchev–Trinajstić information content (AvgIpc) is 2.93. The molecular formula is C18H22ClN3O4. The van der Waals surface area contributed by atoms with Crippen molar-refractivity contribution in [1.82, 2.24) is 10.2 Å². The summed E-state index contributed by atoms with van der Waals surface area (Å²) in [5, 5.41) is 16.0. The fraction of sp³-hybridized carbons (Fsp3) is 0.444. The summed E-state index contributed by atoms with van der Waals surface area (Å²) in [4.78, 5) is 26.1. The first-order chi connectivity index (χ1) is 12.5. The van der Waals surface area contributed by atoms with Gasteiger partial charge < -0.3 is 25.1 Å². The lowest BCUT2D eigenvalue weighted by Gasteiger charge is -2.34. The first kappa shape index (κ1) is 18.5. The summed E-state index contributed by atoms with van der Waals surface area (Å²) in [6.07, 6.45) is 0.948. The van der Waals surface area contributed by atoms with Gasteiger partial charge >= 0.3 is 6.03 Å². The molecule has 0 spiro atoms. The zero-order chi connectivity index (χ0) is 18.8. The Labute approximate surface area is 156 Å². The van der Waals surface area contributed by atoms with Gasteiger partial charge in [-0.2, -0.15) is 0 Å². The van der Waals surface area contributed by atoms with Crippen LogP contribution in [0.25, 0.3) is 11.0 Å². The molecule has 7 nitrogen and oxygen atoms in total. The molecule has 140 valence electrons. The number of anilines is 1. The van der Waals surface area contributed by atoms with Gasteiger partial charge in [0, 0.05) is 37.2 Å². The monoisotopic (exact) mass is 379 g/mol. The molecule has 1 aromatic heterocycles. The molecule has 0 saturated carbocycles. The number of fused-ring (bicyclic) bond motifs is 1. The van der Waals surface area contributed by atoms with Gasteiger partial charge in [-0.05, 0) is 31.0 Å². The Morgan fingerprint density at radius 1 is 1.50 bits per heavy atom. The van der Waals surface area contributed by atoms with E-state index in [4.69, 9.17) is 16.0 Å². The van der Waals surface area contributed by atoms with Crippen molar-refractivity contribution in [2.45, 2.75) is 32.7 Å². The minimum absolute atomic E-state index is 0.173. The van der Waals surface area contributed by atoms with Crippen molar-refractivity contribution in [2.75, 3.05) is 25.0 Å². The molecule has 3 amide bonds. The number of halogens is 1. The van der Waals surface area contributed by atoms with Gasteiger partial charge in [0.15, 0.2) is 5.58 Å². The summed E-state index contributed by atoms with van der Waals surface area (Å²) in [6.45, 7) is 4.55. The maximum Gasteiger partial charge on any atom is 0.322 e. The molecule has 1 saturated heterocycles. The molecule has 26 heavy (non-hydrogen) atoms. The third-order valence-electron chi connectivity index (χ3n) is 4.66. The van der Waals surface area contributed by atoms with Crippen LogP contribution < -0.4 is 10.6 Å². The summed E-state index contributed by atoms with van der Waals surface area (Å²) < 4.78 is 5.78. The van der Waals surface area contributed by atoms with E-state index in [2.05, 4.69) is 10.6 Å². The Morgan fingerprint density at radius 3 is 2.96 bits per heavy atom. The second kappa shape index (κ2) is 7.55. The first-order valence-corrected chi connectivity index (χ1v) is 9.01. The van der Waals surface area contributed by atoms with Crippen LogP contribution in [-0.4, -0.2) is 47.7 Å². The normalized spacial score (nSPS) is 17.5. The van der Waals surface area contributed by atoms with Crippen molar-refractivity contribution in [2.24, 2.45) is 0 Å². The topological polar surface area (TPSA) is 94.8 Å². The zero-order valence-corrected chi connectivity index (χ0v) is 15.5. The molecule has 2 aromatic rings. The summed E-state index contributed by atoms with van der Waals surface area (Å²) in [5.41, 5.74) is 2.14. The highest BCUT2D eigenvalue weighted by Gasteiger charge is 2.32. The van der Waals surface area contributed by atoms with E-state index in [1.165, 1.54) is 4.90 Å². The van der Waals surface area contributed by atoms with Crippen LogP contribution in [0.1, 0.15) is 24.7 Å². The first-order valence-electron chi connectivity index (χ1n) is 8.64. The number of amides is 3. The van der Waals surface area contributed by atoms with Crippen molar-refractivity contribution in [3.63, 3.8) is 0 Å². The molecule has 1 aromatic carbocycles. The number of benzene rings is 1. The van der Waals surface area contributed by atoms with Gasteiger partial charge in [0.2, 0.25) is 5.91 Å². The van der Waals surface area contributed by atoms with Crippen molar-refractivity contribution in [1.29, 1.82) is 0 Å². The van der Waals surface area contributed by atoms with Gasteiger partial charge in [-0.25, -0.2) is 4.79 Å². The van der Waals surface area contributed by atoms with E-state index in [0.29, 0.717) is 29.4 Å². The summed E-state index contributed by atoms with van der Waals surface area (Å²) in [6, 6.07) is 2.37.